The van der Waals surface area contributed by atoms with E-state index in [0.717, 1.165) is 0 Å². The van der Waals surface area contributed by atoms with Crippen molar-refractivity contribution in [2.24, 2.45) is 39.9 Å². The van der Waals surface area contributed by atoms with Crippen LogP contribution in [-0.2, 0) is 14.3 Å². The second kappa shape index (κ2) is 7.38. The lowest BCUT2D eigenvalue weighted by Crippen LogP contribution is -2.74. The van der Waals surface area contributed by atoms with E-state index in [1.807, 2.05) is 6.92 Å². The molecule has 0 spiro atoms. The van der Waals surface area contributed by atoms with Crippen LogP contribution in [-0.4, -0.2) is 77.8 Å². The Balaban J connectivity index is 1.40. The van der Waals surface area contributed by atoms with Crippen LogP contribution in [0.4, 0.5) is 0 Å². The molecule has 7 aliphatic rings. The summed E-state index contributed by atoms with van der Waals surface area (Å²) in [7, 11) is 0. The third-order valence-corrected chi connectivity index (χ3v) is 13.3. The van der Waals surface area contributed by atoms with Crippen LogP contribution in [0.15, 0.2) is 12.2 Å². The Morgan fingerprint density at radius 3 is 2.27 bits per heavy atom. The first kappa shape index (κ1) is 26.2. The number of esters is 1. The van der Waals surface area contributed by atoms with Gasteiger partial charge in [-0.2, -0.15) is 0 Å². The lowest BCUT2D eigenvalue weighted by Gasteiger charge is -2.65. The summed E-state index contributed by atoms with van der Waals surface area (Å²) in [6, 6.07) is 0. The molecule has 7 rings (SSSR count). The lowest BCUT2D eigenvalue weighted by molar-refractivity contribution is -0.280. The SMILES string of the molecule is C[C@@]12C[C@@H]([C@@]3(O)[C@H](O)C[C@H]4[C@@H]5C[C@H](Cl)[C@]6(O)[C@@H](O)C=CC(=O)[C@]6(C)[C@H]5CC[C@@]43C)[C@@H](C[C@@]1(C)O)OC2=O. The number of alkyl halides is 1. The van der Waals surface area contributed by atoms with Gasteiger partial charge in [0.05, 0.1) is 27.9 Å². The third kappa shape index (κ3) is 2.69. The highest BCUT2D eigenvalue weighted by Crippen LogP contribution is 2.71. The molecule has 5 aliphatic carbocycles. The minimum Gasteiger partial charge on any atom is -0.461 e. The van der Waals surface area contributed by atoms with Crippen LogP contribution < -0.4 is 0 Å². The van der Waals surface area contributed by atoms with Gasteiger partial charge in [-0.25, -0.2) is 0 Å². The van der Waals surface area contributed by atoms with Gasteiger partial charge in [-0.3, -0.25) is 9.59 Å². The predicted molar refractivity (Wildman–Crippen MR) is 132 cm³/mol. The molecule has 2 heterocycles. The van der Waals surface area contributed by atoms with E-state index >= 15 is 0 Å². The van der Waals surface area contributed by atoms with Crippen molar-refractivity contribution >= 4 is 23.4 Å². The summed E-state index contributed by atoms with van der Waals surface area (Å²) in [5.41, 5.74) is -7.90. The first-order chi connectivity index (χ1) is 17.0. The van der Waals surface area contributed by atoms with Crippen molar-refractivity contribution < 1.29 is 39.9 Å². The molecule has 37 heavy (non-hydrogen) atoms. The molecule has 0 aromatic carbocycles. The molecule has 4 saturated carbocycles. The van der Waals surface area contributed by atoms with Gasteiger partial charge in [-0.1, -0.05) is 6.92 Å². The zero-order chi connectivity index (χ0) is 27.1. The standard InChI is InChI=1S/C28H39ClO8/c1-23-8-7-14-13(9-18(29)28(36)20(31)6-5-19(30)26(14,28)4)15(23)10-21(32)27(23,35)16-11-24(2)22(33)37-17(16)12-25(24,3)34/h5-6,13-18,20-21,31-32,34-36H,7-12H2,1-4H3/t13-,14+,15+,16-,17-,18+,20+,21-,23+,24+,25-,26+,27-,28+/m1/s1. The van der Waals surface area contributed by atoms with Gasteiger partial charge < -0.3 is 30.3 Å². The normalized spacial score (nSPS) is 62.5. The van der Waals surface area contributed by atoms with Crippen LogP contribution in [0.5, 0.6) is 0 Å². The van der Waals surface area contributed by atoms with E-state index in [1.54, 1.807) is 20.8 Å². The van der Waals surface area contributed by atoms with Gasteiger partial charge in [-0.05, 0) is 82.8 Å². The quantitative estimate of drug-likeness (QED) is 0.249. The maximum atomic E-state index is 13.3. The minimum atomic E-state index is -1.81. The predicted octanol–water partition coefficient (Wildman–Crippen LogP) is 1.47. The lowest BCUT2D eigenvalue weighted by atomic mass is 9.42. The summed E-state index contributed by atoms with van der Waals surface area (Å²) >= 11 is 6.80. The van der Waals surface area contributed by atoms with Gasteiger partial charge in [-0.15, -0.1) is 11.6 Å². The highest BCUT2D eigenvalue weighted by Gasteiger charge is 2.77. The van der Waals surface area contributed by atoms with Gasteiger partial charge >= 0.3 is 5.97 Å². The molecule has 0 aromatic heterocycles. The van der Waals surface area contributed by atoms with E-state index in [2.05, 4.69) is 0 Å². The number of hydrogen-bond donors (Lipinski definition) is 5. The fraction of sp³-hybridized carbons (Fsp3) is 0.857. The highest BCUT2D eigenvalue weighted by atomic mass is 35.5. The van der Waals surface area contributed by atoms with Gasteiger partial charge in [0.25, 0.3) is 0 Å². The number of carbonyl (C=O) groups excluding carboxylic acids is 2. The number of hydrogen-bond acceptors (Lipinski definition) is 8. The van der Waals surface area contributed by atoms with Crippen LogP contribution in [0.1, 0.15) is 66.2 Å². The second-order valence-electron chi connectivity index (χ2n) is 13.9. The number of rotatable bonds is 1. The maximum Gasteiger partial charge on any atom is 0.315 e. The largest absolute Gasteiger partial charge is 0.461 e. The van der Waals surface area contributed by atoms with Gasteiger partial charge in [0.1, 0.15) is 23.4 Å². The summed E-state index contributed by atoms with van der Waals surface area (Å²) < 4.78 is 5.73. The number of fused-ring (bicyclic) bond motifs is 8. The highest BCUT2D eigenvalue weighted by molar-refractivity contribution is 6.22. The van der Waals surface area contributed by atoms with Crippen molar-refractivity contribution in [3.8, 4) is 0 Å². The zero-order valence-corrected chi connectivity index (χ0v) is 22.6. The third-order valence-electron chi connectivity index (χ3n) is 12.8. The molecule has 0 radical (unpaired) electrons. The minimum absolute atomic E-state index is 0.167. The maximum absolute atomic E-state index is 13.3. The summed E-state index contributed by atoms with van der Waals surface area (Å²) in [4.78, 5) is 26.1. The van der Waals surface area contributed by atoms with Gasteiger partial charge in [0.15, 0.2) is 5.78 Å². The molecule has 0 unspecified atom stereocenters. The summed E-state index contributed by atoms with van der Waals surface area (Å²) in [6.07, 6.45) is 1.62. The Morgan fingerprint density at radius 2 is 1.62 bits per heavy atom. The zero-order valence-electron chi connectivity index (χ0n) is 21.9. The van der Waals surface area contributed by atoms with Crippen molar-refractivity contribution in [2.75, 3.05) is 0 Å². The van der Waals surface area contributed by atoms with Crippen molar-refractivity contribution in [3.63, 3.8) is 0 Å². The van der Waals surface area contributed by atoms with Crippen molar-refractivity contribution in [1.82, 2.24) is 0 Å². The van der Waals surface area contributed by atoms with Crippen LogP contribution in [0.25, 0.3) is 0 Å². The van der Waals surface area contributed by atoms with E-state index < -0.39 is 68.6 Å². The average molecular weight is 539 g/mol. The van der Waals surface area contributed by atoms with E-state index in [9.17, 15) is 35.1 Å². The van der Waals surface area contributed by atoms with Gasteiger partial charge in [0.2, 0.25) is 0 Å². The van der Waals surface area contributed by atoms with E-state index in [0.29, 0.717) is 25.7 Å². The van der Waals surface area contributed by atoms with Crippen molar-refractivity contribution in [3.05, 3.63) is 12.2 Å². The van der Waals surface area contributed by atoms with E-state index in [1.165, 1.54) is 12.2 Å². The number of ketones is 1. The molecule has 0 amide bonds. The number of aliphatic hydroxyl groups excluding tert-OH is 2. The average Bonchev–Trinajstić information content (AvgIpc) is 3.02. The second-order valence-corrected chi connectivity index (χ2v) is 14.4. The fourth-order valence-corrected chi connectivity index (χ4v) is 10.7. The summed E-state index contributed by atoms with van der Waals surface area (Å²) in [5.74, 6) is -1.94. The van der Waals surface area contributed by atoms with Crippen LogP contribution in [0, 0.1) is 39.9 Å². The number of halogens is 1. The Hall–Kier alpha value is -1.03. The van der Waals surface area contributed by atoms with Crippen LogP contribution in [0.2, 0.25) is 0 Å². The monoisotopic (exact) mass is 538 g/mol. The molecule has 2 bridgehead atoms. The number of aliphatic hydroxyl groups is 5. The van der Waals surface area contributed by atoms with E-state index in [4.69, 9.17) is 16.3 Å². The van der Waals surface area contributed by atoms with E-state index in [-0.39, 0.29) is 36.4 Å². The first-order valence-electron chi connectivity index (χ1n) is 13.6. The molecule has 6 fully saturated rings. The summed E-state index contributed by atoms with van der Waals surface area (Å²) in [5, 5.41) is 56.7. The molecule has 5 N–H and O–H groups in total. The topological polar surface area (TPSA) is 145 Å². The molecule has 2 aliphatic heterocycles. The molecule has 206 valence electrons. The fourth-order valence-electron chi connectivity index (χ4n) is 10.2. The van der Waals surface area contributed by atoms with Gasteiger partial charge in [0, 0.05) is 17.8 Å². The van der Waals surface area contributed by atoms with Crippen molar-refractivity contribution in [2.45, 2.75) is 107 Å². The molecule has 2 saturated heterocycles. The Labute approximate surface area is 222 Å². The number of ether oxygens (including phenoxy) is 1. The smallest absolute Gasteiger partial charge is 0.315 e. The molecule has 0 aromatic rings. The first-order valence-corrected chi connectivity index (χ1v) is 14.0. The molecular formula is C28H39ClO8. The molecule has 8 nitrogen and oxygen atoms in total. The number of allylic oxidation sites excluding steroid dienone is 1. The Morgan fingerprint density at radius 1 is 0.946 bits per heavy atom. The molecular weight excluding hydrogens is 500 g/mol. The van der Waals surface area contributed by atoms with Crippen LogP contribution >= 0.6 is 11.6 Å². The summed E-state index contributed by atoms with van der Waals surface area (Å²) in [6.45, 7) is 7.00. The molecule has 9 heteroatoms. The number of carbonyl (C=O) groups is 2. The van der Waals surface area contributed by atoms with Crippen LogP contribution in [0.3, 0.4) is 0 Å². The Bertz CT molecular complexity index is 1090. The molecule has 14 atom stereocenters. The Kier molecular flexibility index (Phi) is 5.22. The van der Waals surface area contributed by atoms with Crippen molar-refractivity contribution in [1.29, 1.82) is 0 Å².